The van der Waals surface area contributed by atoms with Crippen LogP contribution in [-0.2, 0) is 10.9 Å². The number of hydrogen-bond donors (Lipinski definition) is 1. The Morgan fingerprint density at radius 2 is 1.76 bits per heavy atom. The number of amides is 1. The fourth-order valence-corrected chi connectivity index (χ4v) is 2.94. The summed E-state index contributed by atoms with van der Waals surface area (Å²) in [7, 11) is 5.07. The number of aliphatic imine (C=N–C) groups is 1. The van der Waals surface area contributed by atoms with Gasteiger partial charge >= 0.3 is 6.18 Å². The average Bonchev–Trinajstić information content (AvgIpc) is 2.79. The number of ether oxygens (including phenoxy) is 2. The number of nitrogens with zero attached hydrogens (tertiary/aromatic N) is 2. The molecule has 0 spiro atoms. The third-order valence-electron chi connectivity index (χ3n) is 4.73. The van der Waals surface area contributed by atoms with Crippen LogP contribution < -0.4 is 10.5 Å². The number of rotatable bonds is 9. The predicted molar refractivity (Wildman–Crippen MR) is 125 cm³/mol. The predicted octanol–water partition coefficient (Wildman–Crippen LogP) is 4.79. The largest absolute Gasteiger partial charge is 0.487 e. The third kappa shape index (κ3) is 6.74. The van der Waals surface area contributed by atoms with Crippen molar-refractivity contribution >= 4 is 11.8 Å². The van der Waals surface area contributed by atoms with Crippen LogP contribution in [0.5, 0.6) is 5.75 Å². The zero-order chi connectivity index (χ0) is 25.5. The number of halogens is 3. The average molecular weight is 473 g/mol. The van der Waals surface area contributed by atoms with E-state index < -0.39 is 17.6 Å². The van der Waals surface area contributed by atoms with Gasteiger partial charge in [0.15, 0.2) is 0 Å². The second kappa shape index (κ2) is 11.2. The Morgan fingerprint density at radius 3 is 2.26 bits per heavy atom. The second-order valence-corrected chi connectivity index (χ2v) is 7.27. The van der Waals surface area contributed by atoms with Crippen LogP contribution in [0.4, 0.5) is 13.2 Å². The summed E-state index contributed by atoms with van der Waals surface area (Å²) in [6, 6.07) is 10.9. The Bertz CT molecular complexity index is 1120. The lowest BCUT2D eigenvalue weighted by Crippen LogP contribution is -2.21. The Kier molecular flexibility index (Phi) is 8.66. The Balaban J connectivity index is 2.25. The van der Waals surface area contributed by atoms with Crippen LogP contribution in [0.2, 0.25) is 0 Å². The molecule has 0 saturated carbocycles. The summed E-state index contributed by atoms with van der Waals surface area (Å²) in [5.74, 6) is 0.0912. The molecule has 0 radical (unpaired) electrons. The third-order valence-corrected chi connectivity index (χ3v) is 4.73. The van der Waals surface area contributed by atoms with Crippen LogP contribution in [0.1, 0.15) is 21.5 Å². The molecular weight excluding hydrogens is 447 g/mol. The highest BCUT2D eigenvalue weighted by molar-refractivity contribution is 5.99. The fraction of sp³-hybridized carbons (Fsp3) is 0.200. The molecule has 2 N–H and O–H groups in total. The minimum atomic E-state index is -4.42. The summed E-state index contributed by atoms with van der Waals surface area (Å²) in [5.41, 5.74) is 6.52. The summed E-state index contributed by atoms with van der Waals surface area (Å²) in [6.45, 7) is 7.79. The monoisotopic (exact) mass is 473 g/mol. The lowest BCUT2D eigenvalue weighted by atomic mass is 10.1. The number of hydrogen-bond acceptors (Lipinski definition) is 5. The SMILES string of the molecule is C=C/C(C(=C)OC(=NC)c1cccc(C(N)=O)c1)=C(/COc1ccc(C(F)(F)F)cc1)N(C)C. The van der Waals surface area contributed by atoms with E-state index in [1.807, 2.05) is 0 Å². The highest BCUT2D eigenvalue weighted by atomic mass is 19.4. The first-order chi connectivity index (χ1) is 16.0. The highest BCUT2D eigenvalue weighted by Gasteiger charge is 2.30. The van der Waals surface area contributed by atoms with Gasteiger partial charge in [0.2, 0.25) is 11.8 Å². The van der Waals surface area contributed by atoms with Gasteiger partial charge in [-0.25, -0.2) is 0 Å². The number of carbonyl (C=O) groups is 1. The molecule has 0 aliphatic rings. The van der Waals surface area contributed by atoms with E-state index in [1.165, 1.54) is 25.3 Å². The molecule has 1 amide bonds. The van der Waals surface area contributed by atoms with Crippen molar-refractivity contribution in [2.75, 3.05) is 27.7 Å². The van der Waals surface area contributed by atoms with E-state index in [9.17, 15) is 18.0 Å². The van der Waals surface area contributed by atoms with Crippen LogP contribution in [0, 0.1) is 0 Å². The van der Waals surface area contributed by atoms with E-state index in [4.69, 9.17) is 15.2 Å². The van der Waals surface area contributed by atoms with E-state index in [-0.39, 0.29) is 24.0 Å². The molecule has 2 aromatic carbocycles. The van der Waals surface area contributed by atoms with E-state index in [1.54, 1.807) is 43.3 Å². The van der Waals surface area contributed by atoms with Crippen molar-refractivity contribution in [1.29, 1.82) is 0 Å². The molecule has 0 unspecified atom stereocenters. The maximum atomic E-state index is 12.8. The Hall–Kier alpha value is -4.01. The van der Waals surface area contributed by atoms with Gasteiger partial charge in [-0.3, -0.25) is 9.79 Å². The first-order valence-corrected chi connectivity index (χ1v) is 10.0. The lowest BCUT2D eigenvalue weighted by molar-refractivity contribution is -0.137. The van der Waals surface area contributed by atoms with Crippen molar-refractivity contribution in [3.8, 4) is 5.75 Å². The van der Waals surface area contributed by atoms with Crippen LogP contribution >= 0.6 is 0 Å². The number of benzene rings is 2. The first kappa shape index (κ1) is 26.2. The number of carbonyl (C=O) groups excluding carboxylic acids is 1. The van der Waals surface area contributed by atoms with Gasteiger partial charge in [-0.2, -0.15) is 13.2 Å². The standard InChI is InChI=1S/C25H26F3N3O3/c1-6-21(16(2)34-24(30-3)18-9-7-8-17(14-18)23(29)32)22(31(4)5)15-33-20-12-10-19(11-13-20)25(26,27)28/h6-14H,1-2,15H2,3-5H3,(H2,29,32)/b22-21+,30-24?. The van der Waals surface area contributed by atoms with Gasteiger partial charge in [0, 0.05) is 37.8 Å². The van der Waals surface area contributed by atoms with Crippen LogP contribution in [0.15, 0.2) is 89.8 Å². The van der Waals surface area contributed by atoms with Gasteiger partial charge in [0.05, 0.1) is 11.3 Å². The van der Waals surface area contributed by atoms with Crippen LogP contribution in [0.3, 0.4) is 0 Å². The van der Waals surface area contributed by atoms with E-state index in [2.05, 4.69) is 18.2 Å². The summed E-state index contributed by atoms with van der Waals surface area (Å²) in [5, 5.41) is 0. The van der Waals surface area contributed by atoms with Gasteiger partial charge in [-0.05, 0) is 42.5 Å². The lowest BCUT2D eigenvalue weighted by Gasteiger charge is -2.22. The molecule has 0 atom stereocenters. The van der Waals surface area contributed by atoms with E-state index >= 15 is 0 Å². The first-order valence-electron chi connectivity index (χ1n) is 10.0. The molecule has 0 saturated heterocycles. The summed E-state index contributed by atoms with van der Waals surface area (Å²) >= 11 is 0. The van der Waals surface area contributed by atoms with Crippen molar-refractivity contribution < 1.29 is 27.4 Å². The number of allylic oxidation sites excluding steroid dienone is 1. The second-order valence-electron chi connectivity index (χ2n) is 7.27. The molecule has 6 nitrogen and oxygen atoms in total. The maximum Gasteiger partial charge on any atom is 0.416 e. The van der Waals surface area contributed by atoms with E-state index in [0.717, 1.165) is 12.1 Å². The fourth-order valence-electron chi connectivity index (χ4n) is 2.94. The molecule has 0 bridgehead atoms. The Morgan fingerprint density at radius 1 is 1.15 bits per heavy atom. The minimum absolute atomic E-state index is 0.0118. The Labute approximate surface area is 196 Å². The number of nitrogens with two attached hydrogens (primary N) is 1. The molecule has 0 aliphatic carbocycles. The zero-order valence-corrected chi connectivity index (χ0v) is 19.1. The van der Waals surface area contributed by atoms with E-state index in [0.29, 0.717) is 22.4 Å². The molecule has 180 valence electrons. The topological polar surface area (TPSA) is 77.2 Å². The zero-order valence-electron chi connectivity index (χ0n) is 19.1. The molecule has 0 aromatic heterocycles. The number of primary amides is 1. The maximum absolute atomic E-state index is 12.8. The molecule has 0 aliphatic heterocycles. The molecule has 9 heteroatoms. The van der Waals surface area contributed by atoms with Crippen LogP contribution in [-0.4, -0.2) is 44.5 Å². The number of alkyl halides is 3. The van der Waals surface area contributed by atoms with Gasteiger partial charge < -0.3 is 20.1 Å². The van der Waals surface area contributed by atoms with Crippen molar-refractivity contribution in [3.63, 3.8) is 0 Å². The minimum Gasteiger partial charge on any atom is -0.487 e. The van der Waals surface area contributed by atoms with Gasteiger partial charge in [-0.15, -0.1) is 0 Å². The molecule has 0 heterocycles. The molecular formula is C25H26F3N3O3. The normalized spacial score (nSPS) is 12.5. The molecule has 2 rings (SSSR count). The smallest absolute Gasteiger partial charge is 0.416 e. The van der Waals surface area contributed by atoms with Gasteiger partial charge in [0.25, 0.3) is 0 Å². The highest BCUT2D eigenvalue weighted by Crippen LogP contribution is 2.30. The number of likely N-dealkylation sites (N-methyl/N-ethyl adjacent to an activating group) is 1. The van der Waals surface area contributed by atoms with Gasteiger partial charge in [0.1, 0.15) is 18.1 Å². The van der Waals surface area contributed by atoms with Crippen molar-refractivity contribution in [3.05, 3.63) is 101 Å². The molecule has 34 heavy (non-hydrogen) atoms. The van der Waals surface area contributed by atoms with Crippen molar-refractivity contribution in [2.45, 2.75) is 6.18 Å². The quantitative estimate of drug-likeness (QED) is 0.246. The summed E-state index contributed by atoms with van der Waals surface area (Å²) in [4.78, 5) is 17.4. The molecule has 0 fully saturated rings. The summed E-state index contributed by atoms with van der Waals surface area (Å²) < 4.78 is 49.9. The summed E-state index contributed by atoms with van der Waals surface area (Å²) in [6.07, 6.45) is -2.89. The van der Waals surface area contributed by atoms with Crippen LogP contribution in [0.25, 0.3) is 0 Å². The van der Waals surface area contributed by atoms with Crippen molar-refractivity contribution in [2.24, 2.45) is 10.7 Å². The van der Waals surface area contributed by atoms with Gasteiger partial charge in [-0.1, -0.05) is 25.3 Å². The van der Waals surface area contributed by atoms with Crippen molar-refractivity contribution in [1.82, 2.24) is 4.90 Å². The molecule has 2 aromatic rings.